The number of benzene rings is 2. The van der Waals surface area contributed by atoms with Crippen LogP contribution in [0.1, 0.15) is 23.7 Å². The Bertz CT molecular complexity index is 708. The predicted octanol–water partition coefficient (Wildman–Crippen LogP) is 2.92. The van der Waals surface area contributed by atoms with Crippen LogP contribution in [0.4, 0.5) is 5.69 Å². The molecule has 6 heteroatoms. The molecule has 2 unspecified atom stereocenters. The van der Waals surface area contributed by atoms with Crippen molar-refractivity contribution in [3.63, 3.8) is 0 Å². The molecule has 0 amide bonds. The van der Waals surface area contributed by atoms with Gasteiger partial charge in [-0.05, 0) is 12.0 Å². The normalized spacial score (nSPS) is 19.5. The fourth-order valence-electron chi connectivity index (χ4n) is 3.22. The summed E-state index contributed by atoms with van der Waals surface area (Å²) in [6.07, 6.45) is -0.0499. The first kappa shape index (κ1) is 17.5. The molecule has 1 heterocycles. The van der Waals surface area contributed by atoms with E-state index in [0.29, 0.717) is 38.3 Å². The fourth-order valence-corrected chi connectivity index (χ4v) is 3.22. The number of nitro benzene ring substituents is 1. The van der Waals surface area contributed by atoms with Crippen LogP contribution in [0, 0.1) is 10.1 Å². The molecule has 2 aromatic carbocycles. The highest BCUT2D eigenvalue weighted by atomic mass is 16.6. The molecule has 25 heavy (non-hydrogen) atoms. The lowest BCUT2D eigenvalue weighted by Crippen LogP contribution is -2.45. The van der Waals surface area contributed by atoms with Gasteiger partial charge in [-0.15, -0.1) is 0 Å². The number of nitrogens with zero attached hydrogens (tertiary/aromatic N) is 2. The highest BCUT2D eigenvalue weighted by Gasteiger charge is 2.27. The van der Waals surface area contributed by atoms with Crippen molar-refractivity contribution in [2.75, 3.05) is 19.8 Å². The monoisotopic (exact) mass is 342 g/mol. The van der Waals surface area contributed by atoms with Gasteiger partial charge >= 0.3 is 0 Å². The van der Waals surface area contributed by atoms with Gasteiger partial charge in [0.15, 0.2) is 0 Å². The average Bonchev–Trinajstić information content (AvgIpc) is 2.64. The summed E-state index contributed by atoms with van der Waals surface area (Å²) < 4.78 is 5.58. The van der Waals surface area contributed by atoms with E-state index in [4.69, 9.17) is 4.74 Å². The summed E-state index contributed by atoms with van der Waals surface area (Å²) >= 11 is 0. The van der Waals surface area contributed by atoms with Gasteiger partial charge < -0.3 is 9.84 Å². The summed E-state index contributed by atoms with van der Waals surface area (Å²) in [6.45, 7) is 2.29. The molecular formula is C19H22N2O4. The molecule has 1 fully saturated rings. The first-order chi connectivity index (χ1) is 12.1. The Labute approximate surface area is 146 Å². The minimum Gasteiger partial charge on any atom is -0.388 e. The third-order valence-corrected chi connectivity index (χ3v) is 4.59. The van der Waals surface area contributed by atoms with Crippen LogP contribution in [-0.2, 0) is 11.3 Å². The third-order valence-electron chi connectivity index (χ3n) is 4.59. The Hall–Kier alpha value is -2.28. The second kappa shape index (κ2) is 8.20. The minimum atomic E-state index is -0.582. The van der Waals surface area contributed by atoms with E-state index in [1.165, 1.54) is 6.07 Å². The van der Waals surface area contributed by atoms with Crippen molar-refractivity contribution in [2.24, 2.45) is 0 Å². The van der Waals surface area contributed by atoms with Crippen LogP contribution in [-0.4, -0.2) is 40.7 Å². The minimum absolute atomic E-state index is 0.0174. The van der Waals surface area contributed by atoms with Crippen molar-refractivity contribution in [1.29, 1.82) is 0 Å². The molecule has 2 aromatic rings. The number of para-hydroxylation sites is 1. The number of aliphatic hydroxyl groups excluding tert-OH is 1. The molecule has 1 N–H and O–H groups in total. The van der Waals surface area contributed by atoms with Crippen molar-refractivity contribution in [1.82, 2.24) is 4.90 Å². The summed E-state index contributed by atoms with van der Waals surface area (Å²) in [6, 6.07) is 16.4. The van der Waals surface area contributed by atoms with E-state index in [2.05, 4.69) is 4.90 Å². The zero-order valence-electron chi connectivity index (χ0n) is 14.0. The Morgan fingerprint density at radius 2 is 1.92 bits per heavy atom. The second-order valence-corrected chi connectivity index (χ2v) is 6.25. The first-order valence-corrected chi connectivity index (χ1v) is 8.42. The van der Waals surface area contributed by atoms with Gasteiger partial charge in [-0.25, -0.2) is 0 Å². The Balaban J connectivity index is 1.72. The van der Waals surface area contributed by atoms with Gasteiger partial charge in [-0.1, -0.05) is 48.5 Å². The molecule has 2 atom stereocenters. The summed E-state index contributed by atoms with van der Waals surface area (Å²) in [7, 11) is 0. The van der Waals surface area contributed by atoms with Crippen molar-refractivity contribution in [3.8, 4) is 0 Å². The van der Waals surface area contributed by atoms with Crippen molar-refractivity contribution >= 4 is 5.69 Å². The number of ether oxygens (including phenoxy) is 1. The van der Waals surface area contributed by atoms with Crippen LogP contribution >= 0.6 is 0 Å². The van der Waals surface area contributed by atoms with Crippen LogP contribution in [0.15, 0.2) is 54.6 Å². The standard InChI is InChI=1S/C19H22N2O4/c22-19(15-6-2-1-3-7-15)12-17-14-25-11-10-20(17)13-16-8-4-5-9-18(16)21(23)24/h1-9,17,19,22H,10-14H2. The van der Waals surface area contributed by atoms with Crippen LogP contribution in [0.25, 0.3) is 0 Å². The van der Waals surface area contributed by atoms with E-state index in [1.54, 1.807) is 12.1 Å². The van der Waals surface area contributed by atoms with Crippen LogP contribution in [0.3, 0.4) is 0 Å². The summed E-state index contributed by atoms with van der Waals surface area (Å²) in [4.78, 5) is 13.1. The van der Waals surface area contributed by atoms with Crippen molar-refractivity contribution in [2.45, 2.75) is 25.1 Å². The lowest BCUT2D eigenvalue weighted by atomic mass is 10.00. The molecule has 0 radical (unpaired) electrons. The lowest BCUT2D eigenvalue weighted by Gasteiger charge is -2.36. The zero-order chi connectivity index (χ0) is 17.6. The quantitative estimate of drug-likeness (QED) is 0.645. The van der Waals surface area contributed by atoms with Crippen LogP contribution in [0.2, 0.25) is 0 Å². The third kappa shape index (κ3) is 4.42. The van der Waals surface area contributed by atoms with Crippen LogP contribution in [0.5, 0.6) is 0 Å². The number of rotatable bonds is 6. The number of aliphatic hydroxyl groups is 1. The molecule has 132 valence electrons. The van der Waals surface area contributed by atoms with Gasteiger partial charge in [0, 0.05) is 30.8 Å². The number of hydrogen-bond acceptors (Lipinski definition) is 5. The molecule has 1 saturated heterocycles. The summed E-state index contributed by atoms with van der Waals surface area (Å²) in [5.41, 5.74) is 1.70. The Morgan fingerprint density at radius 3 is 2.68 bits per heavy atom. The number of hydrogen-bond donors (Lipinski definition) is 1. The van der Waals surface area contributed by atoms with Crippen LogP contribution < -0.4 is 0 Å². The highest BCUT2D eigenvalue weighted by molar-refractivity contribution is 5.39. The van der Waals surface area contributed by atoms with E-state index in [9.17, 15) is 15.2 Å². The van der Waals surface area contributed by atoms with E-state index >= 15 is 0 Å². The van der Waals surface area contributed by atoms with E-state index in [1.807, 2.05) is 36.4 Å². The van der Waals surface area contributed by atoms with Crippen molar-refractivity contribution in [3.05, 3.63) is 75.8 Å². The first-order valence-electron chi connectivity index (χ1n) is 8.42. The second-order valence-electron chi connectivity index (χ2n) is 6.25. The molecule has 1 aliphatic heterocycles. The lowest BCUT2D eigenvalue weighted by molar-refractivity contribution is -0.385. The number of nitro groups is 1. The SMILES string of the molecule is O=[N+]([O-])c1ccccc1CN1CCOCC1CC(O)c1ccccc1. The summed E-state index contributed by atoms with van der Waals surface area (Å²) in [5, 5.41) is 21.7. The molecule has 3 rings (SSSR count). The largest absolute Gasteiger partial charge is 0.388 e. The highest BCUT2D eigenvalue weighted by Crippen LogP contribution is 2.26. The van der Waals surface area contributed by atoms with Crippen molar-refractivity contribution < 1.29 is 14.8 Å². The summed E-state index contributed by atoms with van der Waals surface area (Å²) in [5.74, 6) is 0. The molecule has 0 saturated carbocycles. The molecule has 0 aliphatic carbocycles. The van der Waals surface area contributed by atoms with Gasteiger partial charge in [-0.2, -0.15) is 0 Å². The molecule has 0 spiro atoms. The molecule has 1 aliphatic rings. The number of morpholine rings is 1. The maximum absolute atomic E-state index is 11.2. The van der Waals surface area contributed by atoms with Gasteiger partial charge in [0.1, 0.15) is 0 Å². The maximum Gasteiger partial charge on any atom is 0.273 e. The van der Waals surface area contributed by atoms with E-state index in [0.717, 1.165) is 5.56 Å². The topological polar surface area (TPSA) is 75.8 Å². The molecule has 0 bridgehead atoms. The zero-order valence-corrected chi connectivity index (χ0v) is 14.0. The van der Waals surface area contributed by atoms with Gasteiger partial charge in [0.25, 0.3) is 5.69 Å². The molecule has 0 aromatic heterocycles. The predicted molar refractivity (Wildman–Crippen MR) is 94.1 cm³/mol. The smallest absolute Gasteiger partial charge is 0.273 e. The Morgan fingerprint density at radius 1 is 1.20 bits per heavy atom. The van der Waals surface area contributed by atoms with Gasteiger partial charge in [0.2, 0.25) is 0 Å². The fraction of sp³-hybridized carbons (Fsp3) is 0.368. The van der Waals surface area contributed by atoms with E-state index in [-0.39, 0.29) is 16.7 Å². The molecule has 6 nitrogen and oxygen atoms in total. The molecular weight excluding hydrogens is 320 g/mol. The maximum atomic E-state index is 11.2. The van der Waals surface area contributed by atoms with Gasteiger partial charge in [0.05, 0.1) is 24.2 Å². The average molecular weight is 342 g/mol. The Kier molecular flexibility index (Phi) is 5.75. The van der Waals surface area contributed by atoms with Gasteiger partial charge in [-0.3, -0.25) is 15.0 Å². The van der Waals surface area contributed by atoms with E-state index < -0.39 is 6.10 Å².